The average molecular weight is 385 g/mol. The van der Waals surface area contributed by atoms with Gasteiger partial charge >= 0.3 is 0 Å². The first kappa shape index (κ1) is 19.1. The van der Waals surface area contributed by atoms with E-state index < -0.39 is 0 Å². The summed E-state index contributed by atoms with van der Waals surface area (Å²) in [6.45, 7) is 1.15. The van der Waals surface area contributed by atoms with E-state index in [-0.39, 0.29) is 11.2 Å². The number of para-hydroxylation sites is 2. The van der Waals surface area contributed by atoms with E-state index in [2.05, 4.69) is 4.98 Å². The summed E-state index contributed by atoms with van der Waals surface area (Å²) in [5, 5.41) is -0.207. The molecule has 0 fully saturated rings. The fourth-order valence-corrected chi connectivity index (χ4v) is 3.25. The Bertz CT molecular complexity index is 862. The highest BCUT2D eigenvalue weighted by molar-refractivity contribution is 7.99. The molecule has 1 amide bonds. The number of thioether (sulfide) groups is 1. The highest BCUT2D eigenvalue weighted by Crippen LogP contribution is 2.21. The summed E-state index contributed by atoms with van der Waals surface area (Å²) in [4.78, 5) is 17.7. The van der Waals surface area contributed by atoms with E-state index in [9.17, 15) is 4.79 Å². The number of benzene rings is 2. The van der Waals surface area contributed by atoms with Crippen LogP contribution in [0.3, 0.4) is 0 Å². The summed E-state index contributed by atoms with van der Waals surface area (Å²) in [6, 6.07) is 16.0. The van der Waals surface area contributed by atoms with Crippen LogP contribution in [0.1, 0.15) is 5.56 Å². The van der Waals surface area contributed by atoms with E-state index >= 15 is 0 Å². The second kappa shape index (κ2) is 8.81. The zero-order chi connectivity index (χ0) is 19.2. The van der Waals surface area contributed by atoms with Crippen LogP contribution in [0, 0.1) is 0 Å². The first-order chi connectivity index (χ1) is 13.1. The van der Waals surface area contributed by atoms with Gasteiger partial charge in [0.15, 0.2) is 5.58 Å². The van der Waals surface area contributed by atoms with Gasteiger partial charge in [-0.2, -0.15) is 16.7 Å². The predicted octanol–water partition coefficient (Wildman–Crippen LogP) is 3.10. The molecule has 0 aliphatic carbocycles. The van der Waals surface area contributed by atoms with Crippen molar-refractivity contribution >= 4 is 34.8 Å². The van der Waals surface area contributed by atoms with Gasteiger partial charge in [0.1, 0.15) is 17.9 Å². The molecule has 142 valence electrons. The second-order valence-corrected chi connectivity index (χ2v) is 7.25. The van der Waals surface area contributed by atoms with Crippen molar-refractivity contribution < 1.29 is 13.9 Å². The molecule has 1 unspecified atom stereocenters. The monoisotopic (exact) mass is 385 g/mol. The maximum Gasteiger partial charge on any atom is 0.298 e. The molecule has 0 aliphatic rings. The van der Waals surface area contributed by atoms with Crippen LogP contribution in [0.2, 0.25) is 0 Å². The second-order valence-electron chi connectivity index (χ2n) is 6.21. The van der Waals surface area contributed by atoms with Gasteiger partial charge in [0, 0.05) is 7.05 Å². The molecule has 2 aromatic carbocycles. The predicted molar refractivity (Wildman–Crippen MR) is 109 cm³/mol. The molecule has 0 radical (unpaired) electrons. The van der Waals surface area contributed by atoms with Crippen molar-refractivity contribution in [1.29, 1.82) is 0 Å². The molecule has 7 heteroatoms. The summed E-state index contributed by atoms with van der Waals surface area (Å²) in [6.07, 6.45) is 2.51. The fraction of sp³-hybridized carbons (Fsp3) is 0.300. The van der Waals surface area contributed by atoms with Gasteiger partial charge in [0.25, 0.3) is 6.01 Å². The summed E-state index contributed by atoms with van der Waals surface area (Å²) >= 11 is 1.47. The number of nitrogens with zero attached hydrogens (tertiary/aromatic N) is 2. The molecule has 0 spiro atoms. The lowest BCUT2D eigenvalue weighted by atomic mass is 10.1. The lowest BCUT2D eigenvalue weighted by Crippen LogP contribution is -2.27. The first-order valence-electron chi connectivity index (χ1n) is 8.67. The Hall–Kier alpha value is -2.67. The van der Waals surface area contributed by atoms with Gasteiger partial charge in [-0.3, -0.25) is 4.79 Å². The van der Waals surface area contributed by atoms with Gasteiger partial charge in [-0.1, -0.05) is 24.3 Å². The average Bonchev–Trinajstić information content (AvgIpc) is 3.11. The van der Waals surface area contributed by atoms with Crippen LogP contribution < -0.4 is 15.4 Å². The highest BCUT2D eigenvalue weighted by atomic mass is 32.2. The maximum absolute atomic E-state index is 11.3. The van der Waals surface area contributed by atoms with Crippen LogP contribution in [0.15, 0.2) is 52.9 Å². The van der Waals surface area contributed by atoms with E-state index in [1.165, 1.54) is 11.8 Å². The Labute approximate surface area is 162 Å². The van der Waals surface area contributed by atoms with Gasteiger partial charge in [0.2, 0.25) is 5.91 Å². The number of anilines is 1. The number of fused-ring (bicyclic) bond motifs is 1. The summed E-state index contributed by atoms with van der Waals surface area (Å²) in [5.74, 6) is 0.495. The molecule has 27 heavy (non-hydrogen) atoms. The quantitative estimate of drug-likeness (QED) is 0.609. The number of likely N-dealkylation sites (N-methyl/N-ethyl adjacent to an activating group) is 1. The van der Waals surface area contributed by atoms with Crippen molar-refractivity contribution in [3.63, 3.8) is 0 Å². The molecular formula is C20H23N3O3S. The number of primary amides is 1. The van der Waals surface area contributed by atoms with E-state index in [1.807, 2.05) is 66.7 Å². The molecule has 1 heterocycles. The number of carbonyl (C=O) groups excluding carboxylic acids is 1. The van der Waals surface area contributed by atoms with Crippen LogP contribution in [0.5, 0.6) is 5.75 Å². The SMILES string of the molecule is CSC(Cc1ccc(OCCN(C)c2nc3ccccc3o2)cc1)C(N)=O. The third-order valence-corrected chi connectivity index (χ3v) is 5.22. The molecule has 0 saturated heterocycles. The van der Waals surface area contributed by atoms with E-state index in [0.717, 1.165) is 22.4 Å². The van der Waals surface area contributed by atoms with Gasteiger partial charge in [-0.15, -0.1) is 0 Å². The molecular weight excluding hydrogens is 362 g/mol. The molecule has 2 N–H and O–H groups in total. The molecule has 1 aromatic heterocycles. The zero-order valence-electron chi connectivity index (χ0n) is 15.4. The summed E-state index contributed by atoms with van der Waals surface area (Å²) in [5.41, 5.74) is 8.07. The third-order valence-electron chi connectivity index (χ3n) is 4.25. The molecule has 0 bridgehead atoms. The Balaban J connectivity index is 1.50. The van der Waals surface area contributed by atoms with Crippen molar-refractivity contribution in [2.45, 2.75) is 11.7 Å². The number of hydrogen-bond acceptors (Lipinski definition) is 6. The molecule has 1 atom stereocenters. The minimum absolute atomic E-state index is 0.207. The number of ether oxygens (including phenoxy) is 1. The van der Waals surface area contributed by atoms with E-state index in [0.29, 0.717) is 25.6 Å². The molecule has 0 saturated carbocycles. The maximum atomic E-state index is 11.3. The topological polar surface area (TPSA) is 81.6 Å². The lowest BCUT2D eigenvalue weighted by molar-refractivity contribution is -0.117. The molecule has 3 aromatic rings. The lowest BCUT2D eigenvalue weighted by Gasteiger charge is -2.15. The highest BCUT2D eigenvalue weighted by Gasteiger charge is 2.14. The van der Waals surface area contributed by atoms with Gasteiger partial charge in [0.05, 0.1) is 11.8 Å². The van der Waals surface area contributed by atoms with Crippen LogP contribution in [-0.4, -0.2) is 42.6 Å². The number of nitrogens with two attached hydrogens (primary N) is 1. The van der Waals surface area contributed by atoms with Crippen molar-refractivity contribution in [2.24, 2.45) is 5.73 Å². The number of rotatable bonds is 9. The van der Waals surface area contributed by atoms with Crippen molar-refractivity contribution in [2.75, 3.05) is 31.4 Å². The zero-order valence-corrected chi connectivity index (χ0v) is 16.2. The standard InChI is InChI=1S/C20H23N3O3S/c1-23(20-22-16-5-3-4-6-17(16)26-20)11-12-25-15-9-7-14(8-10-15)13-18(27-2)19(21)24/h3-10,18H,11-13H2,1-2H3,(H2,21,24). The van der Waals surface area contributed by atoms with Gasteiger partial charge in [-0.05, 0) is 42.5 Å². The normalized spacial score (nSPS) is 12.1. The number of carbonyl (C=O) groups is 1. The van der Waals surface area contributed by atoms with Crippen LogP contribution >= 0.6 is 11.8 Å². The number of aromatic nitrogens is 1. The third kappa shape index (κ3) is 4.95. The van der Waals surface area contributed by atoms with Crippen molar-refractivity contribution in [3.8, 4) is 5.75 Å². The number of hydrogen-bond donors (Lipinski definition) is 1. The Morgan fingerprint density at radius 2 is 2.00 bits per heavy atom. The Morgan fingerprint density at radius 3 is 2.67 bits per heavy atom. The van der Waals surface area contributed by atoms with Crippen LogP contribution in [0.4, 0.5) is 6.01 Å². The largest absolute Gasteiger partial charge is 0.492 e. The van der Waals surface area contributed by atoms with E-state index in [4.69, 9.17) is 14.9 Å². The van der Waals surface area contributed by atoms with Gasteiger partial charge < -0.3 is 19.8 Å². The molecule has 6 nitrogen and oxygen atoms in total. The molecule has 3 rings (SSSR count). The van der Waals surface area contributed by atoms with Crippen LogP contribution in [-0.2, 0) is 11.2 Å². The molecule has 0 aliphatic heterocycles. The van der Waals surface area contributed by atoms with Crippen LogP contribution in [0.25, 0.3) is 11.1 Å². The Kier molecular flexibility index (Phi) is 6.24. The first-order valence-corrected chi connectivity index (χ1v) is 9.96. The van der Waals surface area contributed by atoms with Gasteiger partial charge in [-0.25, -0.2) is 0 Å². The summed E-state index contributed by atoms with van der Waals surface area (Å²) < 4.78 is 11.5. The fourth-order valence-electron chi connectivity index (χ4n) is 2.66. The Morgan fingerprint density at radius 1 is 1.26 bits per heavy atom. The number of amides is 1. The van der Waals surface area contributed by atoms with E-state index in [1.54, 1.807) is 0 Å². The minimum atomic E-state index is -0.287. The smallest absolute Gasteiger partial charge is 0.298 e. The summed E-state index contributed by atoms with van der Waals surface area (Å²) in [7, 11) is 1.92. The minimum Gasteiger partial charge on any atom is -0.492 e. The van der Waals surface area contributed by atoms with Crippen molar-refractivity contribution in [3.05, 3.63) is 54.1 Å². The number of oxazole rings is 1. The van der Waals surface area contributed by atoms with Crippen molar-refractivity contribution in [1.82, 2.24) is 4.98 Å².